The fraction of sp³-hybridized carbons (Fsp3) is 0.385. The minimum absolute atomic E-state index is 0.260. The predicted octanol–water partition coefficient (Wildman–Crippen LogP) is 1.87. The Bertz CT molecular complexity index is 479. The van der Waals surface area contributed by atoms with E-state index in [1.807, 2.05) is 12.1 Å². The molecule has 1 heterocycles. The lowest BCUT2D eigenvalue weighted by molar-refractivity contribution is 0.363. The summed E-state index contributed by atoms with van der Waals surface area (Å²) in [4.78, 5) is 4.30. The largest absolute Gasteiger partial charge is 0.508 e. The fourth-order valence-corrected chi connectivity index (χ4v) is 1.60. The molecule has 0 aliphatic heterocycles. The van der Waals surface area contributed by atoms with E-state index in [0.29, 0.717) is 24.7 Å². The van der Waals surface area contributed by atoms with Gasteiger partial charge in [0.25, 0.3) is 0 Å². The number of nitrogens with zero attached hydrogens (tertiary/aromatic N) is 2. The molecule has 2 aromatic rings. The smallest absolute Gasteiger partial charge is 0.240 e. The van der Waals surface area contributed by atoms with E-state index < -0.39 is 0 Å². The van der Waals surface area contributed by atoms with Crippen molar-refractivity contribution in [3.05, 3.63) is 41.5 Å². The SMILES string of the molecule is CCCNCc1nc(Cc2ccc(O)cc2)no1. The average Bonchev–Trinajstić information content (AvgIpc) is 2.80. The number of hydrogen-bond donors (Lipinski definition) is 2. The van der Waals surface area contributed by atoms with Gasteiger partial charge in [-0.1, -0.05) is 24.2 Å². The number of benzene rings is 1. The van der Waals surface area contributed by atoms with Crippen LogP contribution in [-0.2, 0) is 13.0 Å². The molecule has 18 heavy (non-hydrogen) atoms. The highest BCUT2D eigenvalue weighted by molar-refractivity contribution is 5.27. The van der Waals surface area contributed by atoms with Crippen LogP contribution in [-0.4, -0.2) is 21.8 Å². The maximum atomic E-state index is 9.19. The molecule has 96 valence electrons. The maximum absolute atomic E-state index is 9.19. The van der Waals surface area contributed by atoms with E-state index in [9.17, 15) is 5.11 Å². The van der Waals surface area contributed by atoms with Crippen LogP contribution in [0.4, 0.5) is 0 Å². The van der Waals surface area contributed by atoms with E-state index in [0.717, 1.165) is 18.5 Å². The number of aromatic hydroxyl groups is 1. The summed E-state index contributed by atoms with van der Waals surface area (Å²) in [7, 11) is 0. The molecule has 0 fully saturated rings. The summed E-state index contributed by atoms with van der Waals surface area (Å²) in [5.74, 6) is 1.53. The van der Waals surface area contributed by atoms with Gasteiger partial charge in [0, 0.05) is 6.42 Å². The number of rotatable bonds is 6. The summed E-state index contributed by atoms with van der Waals surface area (Å²) in [5.41, 5.74) is 1.04. The molecule has 2 N–H and O–H groups in total. The Labute approximate surface area is 106 Å². The number of hydrogen-bond acceptors (Lipinski definition) is 5. The first-order valence-electron chi connectivity index (χ1n) is 6.08. The molecule has 0 saturated carbocycles. The average molecular weight is 247 g/mol. The van der Waals surface area contributed by atoms with Crippen molar-refractivity contribution in [1.29, 1.82) is 0 Å². The van der Waals surface area contributed by atoms with Crippen molar-refractivity contribution in [2.45, 2.75) is 26.3 Å². The predicted molar refractivity (Wildman–Crippen MR) is 67.2 cm³/mol. The van der Waals surface area contributed by atoms with Crippen molar-refractivity contribution in [1.82, 2.24) is 15.5 Å². The molecular weight excluding hydrogens is 230 g/mol. The summed E-state index contributed by atoms with van der Waals surface area (Å²) in [6, 6.07) is 7.00. The zero-order valence-electron chi connectivity index (χ0n) is 10.4. The van der Waals surface area contributed by atoms with Crippen LogP contribution in [0.3, 0.4) is 0 Å². The van der Waals surface area contributed by atoms with Crippen LogP contribution in [0.2, 0.25) is 0 Å². The van der Waals surface area contributed by atoms with E-state index in [1.165, 1.54) is 0 Å². The van der Waals surface area contributed by atoms with Crippen LogP contribution in [0.25, 0.3) is 0 Å². The monoisotopic (exact) mass is 247 g/mol. The van der Waals surface area contributed by atoms with Gasteiger partial charge in [-0.15, -0.1) is 0 Å². The van der Waals surface area contributed by atoms with Crippen LogP contribution >= 0.6 is 0 Å². The second-order valence-electron chi connectivity index (χ2n) is 4.12. The van der Waals surface area contributed by atoms with E-state index in [2.05, 4.69) is 22.4 Å². The molecule has 5 heteroatoms. The third-order valence-corrected chi connectivity index (χ3v) is 2.51. The lowest BCUT2D eigenvalue weighted by Crippen LogP contribution is -2.13. The van der Waals surface area contributed by atoms with Gasteiger partial charge in [0.2, 0.25) is 5.89 Å². The van der Waals surface area contributed by atoms with Crippen LogP contribution in [0.1, 0.15) is 30.6 Å². The van der Waals surface area contributed by atoms with Crippen molar-refractivity contribution in [2.75, 3.05) is 6.54 Å². The molecule has 0 spiro atoms. The van der Waals surface area contributed by atoms with Gasteiger partial charge >= 0.3 is 0 Å². The molecule has 1 aromatic heterocycles. The van der Waals surface area contributed by atoms with Gasteiger partial charge in [0.05, 0.1) is 6.54 Å². The molecule has 0 aliphatic rings. The van der Waals surface area contributed by atoms with Crippen molar-refractivity contribution in [3.8, 4) is 5.75 Å². The van der Waals surface area contributed by atoms with E-state index in [1.54, 1.807) is 12.1 Å². The van der Waals surface area contributed by atoms with Gasteiger partial charge in [-0.2, -0.15) is 4.98 Å². The highest BCUT2D eigenvalue weighted by atomic mass is 16.5. The summed E-state index contributed by atoms with van der Waals surface area (Å²) < 4.78 is 5.13. The van der Waals surface area contributed by atoms with Gasteiger partial charge in [-0.25, -0.2) is 0 Å². The molecular formula is C13H17N3O2. The minimum atomic E-state index is 0.260. The number of phenols is 1. The molecule has 5 nitrogen and oxygen atoms in total. The quantitative estimate of drug-likeness (QED) is 0.762. The van der Waals surface area contributed by atoms with E-state index >= 15 is 0 Å². The Balaban J connectivity index is 1.91. The fourth-order valence-electron chi connectivity index (χ4n) is 1.60. The van der Waals surface area contributed by atoms with E-state index in [4.69, 9.17) is 4.52 Å². The van der Waals surface area contributed by atoms with Crippen LogP contribution in [0.5, 0.6) is 5.75 Å². The lowest BCUT2D eigenvalue weighted by atomic mass is 10.1. The lowest BCUT2D eigenvalue weighted by Gasteiger charge is -1.97. The molecule has 0 unspecified atom stereocenters. The normalized spacial score (nSPS) is 10.7. The van der Waals surface area contributed by atoms with Crippen molar-refractivity contribution in [3.63, 3.8) is 0 Å². The molecule has 1 aromatic carbocycles. The molecule has 0 bridgehead atoms. The first-order chi connectivity index (χ1) is 8.78. The summed E-state index contributed by atoms with van der Waals surface area (Å²) >= 11 is 0. The zero-order chi connectivity index (χ0) is 12.8. The zero-order valence-corrected chi connectivity index (χ0v) is 10.4. The van der Waals surface area contributed by atoms with Crippen LogP contribution in [0.15, 0.2) is 28.8 Å². The molecule has 0 radical (unpaired) electrons. The Morgan fingerprint density at radius 2 is 2.06 bits per heavy atom. The van der Waals surface area contributed by atoms with Gasteiger partial charge < -0.3 is 14.9 Å². The van der Waals surface area contributed by atoms with Gasteiger partial charge in [-0.05, 0) is 30.7 Å². The van der Waals surface area contributed by atoms with Crippen LogP contribution < -0.4 is 5.32 Å². The minimum Gasteiger partial charge on any atom is -0.508 e. The number of phenolic OH excluding ortho intramolecular Hbond substituents is 1. The summed E-state index contributed by atoms with van der Waals surface area (Å²) in [5, 5.41) is 16.3. The highest BCUT2D eigenvalue weighted by Gasteiger charge is 2.06. The first kappa shape index (κ1) is 12.6. The first-order valence-corrected chi connectivity index (χ1v) is 6.08. The standard InChI is InChI=1S/C13H17N3O2/c1-2-7-14-9-13-15-12(16-18-13)8-10-3-5-11(17)6-4-10/h3-6,14,17H,2,7-9H2,1H3. The van der Waals surface area contributed by atoms with E-state index in [-0.39, 0.29) is 5.75 Å². The van der Waals surface area contributed by atoms with Crippen molar-refractivity contribution < 1.29 is 9.63 Å². The summed E-state index contributed by atoms with van der Waals surface area (Å²) in [6.45, 7) is 3.66. The van der Waals surface area contributed by atoms with Gasteiger partial charge in [0.15, 0.2) is 5.82 Å². The maximum Gasteiger partial charge on any atom is 0.240 e. The highest BCUT2D eigenvalue weighted by Crippen LogP contribution is 2.12. The van der Waals surface area contributed by atoms with Gasteiger partial charge in [0.1, 0.15) is 5.75 Å². The number of nitrogens with one attached hydrogen (secondary N) is 1. The summed E-state index contributed by atoms with van der Waals surface area (Å²) in [6.07, 6.45) is 1.69. The van der Waals surface area contributed by atoms with Crippen molar-refractivity contribution >= 4 is 0 Å². The second-order valence-corrected chi connectivity index (χ2v) is 4.12. The Morgan fingerprint density at radius 3 is 2.78 bits per heavy atom. The molecule has 0 amide bonds. The molecule has 0 aliphatic carbocycles. The second kappa shape index (κ2) is 6.16. The Hall–Kier alpha value is -1.88. The number of aromatic nitrogens is 2. The molecule has 0 atom stereocenters. The Morgan fingerprint density at radius 1 is 1.28 bits per heavy atom. The molecule has 2 rings (SSSR count). The van der Waals surface area contributed by atoms with Crippen LogP contribution in [0, 0.1) is 0 Å². The third-order valence-electron chi connectivity index (χ3n) is 2.51. The van der Waals surface area contributed by atoms with Gasteiger partial charge in [-0.3, -0.25) is 0 Å². The Kier molecular flexibility index (Phi) is 4.30. The topological polar surface area (TPSA) is 71.2 Å². The van der Waals surface area contributed by atoms with Crippen molar-refractivity contribution in [2.24, 2.45) is 0 Å². The third kappa shape index (κ3) is 3.56. The molecule has 0 saturated heterocycles.